The van der Waals surface area contributed by atoms with Gasteiger partial charge < -0.3 is 10.8 Å². The molecular weight excluding hydrogens is 318 g/mol. The maximum absolute atomic E-state index is 12.2. The molecule has 0 saturated carbocycles. The van der Waals surface area contributed by atoms with Crippen molar-refractivity contribution in [3.63, 3.8) is 0 Å². The highest BCUT2D eigenvalue weighted by molar-refractivity contribution is 9.10. The Bertz CT molecular complexity index is 535. The van der Waals surface area contributed by atoms with Gasteiger partial charge in [0.25, 0.3) is 0 Å². The lowest BCUT2D eigenvalue weighted by atomic mass is 9.90. The van der Waals surface area contributed by atoms with Crippen LogP contribution in [0.25, 0.3) is 0 Å². The Hall–Kier alpha value is -0.590. The highest BCUT2D eigenvalue weighted by Gasteiger charge is 2.29. The van der Waals surface area contributed by atoms with Crippen LogP contribution in [0.15, 0.2) is 27.6 Å². The van der Waals surface area contributed by atoms with Crippen molar-refractivity contribution in [3.05, 3.63) is 22.7 Å². The minimum atomic E-state index is -3.60. The summed E-state index contributed by atoms with van der Waals surface area (Å²) < 4.78 is 25.0. The maximum atomic E-state index is 12.2. The molecule has 18 heavy (non-hydrogen) atoms. The van der Waals surface area contributed by atoms with Crippen molar-refractivity contribution in [2.24, 2.45) is 5.41 Å². The van der Waals surface area contributed by atoms with Gasteiger partial charge in [-0.25, -0.2) is 8.42 Å². The quantitative estimate of drug-likeness (QED) is 0.830. The maximum Gasteiger partial charge on any atom is 0.183 e. The van der Waals surface area contributed by atoms with Gasteiger partial charge in [0.2, 0.25) is 0 Å². The van der Waals surface area contributed by atoms with E-state index in [1.807, 2.05) is 0 Å². The van der Waals surface area contributed by atoms with E-state index in [0.29, 0.717) is 4.47 Å². The second-order valence-electron chi connectivity index (χ2n) is 5.35. The molecule has 0 saturated heterocycles. The van der Waals surface area contributed by atoms with E-state index in [4.69, 9.17) is 5.73 Å². The van der Waals surface area contributed by atoms with Crippen molar-refractivity contribution >= 4 is 31.5 Å². The Morgan fingerprint density at radius 2 is 1.94 bits per heavy atom. The Balaban J connectivity index is 3.11. The van der Waals surface area contributed by atoms with E-state index in [1.54, 1.807) is 26.8 Å². The fourth-order valence-electron chi connectivity index (χ4n) is 1.33. The van der Waals surface area contributed by atoms with Gasteiger partial charge in [-0.05, 0) is 23.6 Å². The van der Waals surface area contributed by atoms with Gasteiger partial charge in [0, 0.05) is 4.47 Å². The van der Waals surface area contributed by atoms with E-state index >= 15 is 0 Å². The molecule has 0 aromatic heterocycles. The topological polar surface area (TPSA) is 80.4 Å². The zero-order valence-electron chi connectivity index (χ0n) is 10.6. The number of rotatable bonds is 3. The van der Waals surface area contributed by atoms with Crippen molar-refractivity contribution in [2.75, 3.05) is 11.5 Å². The van der Waals surface area contributed by atoms with Crippen LogP contribution >= 0.6 is 15.9 Å². The van der Waals surface area contributed by atoms with Crippen LogP contribution in [-0.2, 0) is 9.84 Å². The number of sulfone groups is 1. The summed E-state index contributed by atoms with van der Waals surface area (Å²) in [4.78, 5) is 0.0557. The molecular formula is C12H18BrNO3S. The van der Waals surface area contributed by atoms with E-state index in [9.17, 15) is 13.5 Å². The molecule has 1 rings (SSSR count). The predicted molar refractivity (Wildman–Crippen MR) is 76.1 cm³/mol. The second-order valence-corrected chi connectivity index (χ2v) is 8.26. The van der Waals surface area contributed by atoms with Crippen molar-refractivity contribution in [2.45, 2.75) is 31.8 Å². The van der Waals surface area contributed by atoms with Crippen LogP contribution < -0.4 is 5.73 Å². The Morgan fingerprint density at radius 1 is 1.39 bits per heavy atom. The minimum Gasteiger partial charge on any atom is -0.398 e. The summed E-state index contributed by atoms with van der Waals surface area (Å²) in [6.45, 7) is 5.37. The molecule has 1 unspecified atom stereocenters. The summed E-state index contributed by atoms with van der Waals surface area (Å²) >= 11 is 3.21. The largest absolute Gasteiger partial charge is 0.398 e. The number of benzene rings is 1. The van der Waals surface area contributed by atoms with E-state index < -0.39 is 21.4 Å². The third kappa shape index (κ3) is 3.70. The molecule has 1 atom stereocenters. The van der Waals surface area contributed by atoms with Crippen LogP contribution in [0, 0.1) is 5.41 Å². The third-order valence-corrected chi connectivity index (χ3v) is 4.96. The molecule has 0 aliphatic rings. The third-order valence-electron chi connectivity index (χ3n) is 2.69. The van der Waals surface area contributed by atoms with Crippen LogP contribution in [0.1, 0.15) is 20.8 Å². The summed E-state index contributed by atoms with van der Waals surface area (Å²) in [5, 5.41) is 9.91. The van der Waals surface area contributed by atoms with Crippen molar-refractivity contribution < 1.29 is 13.5 Å². The van der Waals surface area contributed by atoms with Crippen LogP contribution in [-0.4, -0.2) is 25.4 Å². The predicted octanol–water partition coefficient (Wildman–Crippen LogP) is 2.21. The fourth-order valence-corrected chi connectivity index (χ4v) is 3.67. The summed E-state index contributed by atoms with van der Waals surface area (Å²) in [7, 11) is -3.60. The first-order valence-electron chi connectivity index (χ1n) is 5.50. The number of nitrogen functional groups attached to an aromatic ring is 1. The van der Waals surface area contributed by atoms with E-state index in [1.165, 1.54) is 12.1 Å². The summed E-state index contributed by atoms with van der Waals surface area (Å²) in [6, 6.07) is 4.66. The number of hydrogen-bond donors (Lipinski definition) is 2. The Labute approximate surface area is 116 Å². The zero-order chi connectivity index (χ0) is 14.1. The lowest BCUT2D eigenvalue weighted by Crippen LogP contribution is -2.33. The molecule has 0 bridgehead atoms. The summed E-state index contributed by atoms with van der Waals surface area (Å²) in [5.74, 6) is -0.336. The number of anilines is 1. The van der Waals surface area contributed by atoms with Gasteiger partial charge >= 0.3 is 0 Å². The van der Waals surface area contributed by atoms with Gasteiger partial charge in [0.05, 0.1) is 22.4 Å². The molecule has 0 aliphatic heterocycles. The second kappa shape index (κ2) is 5.19. The minimum absolute atomic E-state index is 0.0557. The molecule has 4 nitrogen and oxygen atoms in total. The first kappa shape index (κ1) is 15.5. The fraction of sp³-hybridized carbons (Fsp3) is 0.500. The smallest absolute Gasteiger partial charge is 0.183 e. The molecule has 0 spiro atoms. The first-order valence-corrected chi connectivity index (χ1v) is 7.94. The number of aliphatic hydroxyl groups excluding tert-OH is 1. The molecule has 0 heterocycles. The van der Waals surface area contributed by atoms with E-state index in [2.05, 4.69) is 15.9 Å². The molecule has 102 valence electrons. The standard InChI is InChI=1S/C12H18BrNO3S/c1-12(2,3)11(15)7-18(16,17)10-6-8(13)4-5-9(10)14/h4-6,11,15H,7,14H2,1-3H3. The highest BCUT2D eigenvalue weighted by atomic mass is 79.9. The number of aliphatic hydroxyl groups is 1. The van der Waals surface area contributed by atoms with Crippen LogP contribution in [0.5, 0.6) is 0 Å². The van der Waals surface area contributed by atoms with Gasteiger partial charge in [-0.1, -0.05) is 36.7 Å². The van der Waals surface area contributed by atoms with Crippen molar-refractivity contribution in [1.82, 2.24) is 0 Å². The Kier molecular flexibility index (Phi) is 4.46. The van der Waals surface area contributed by atoms with Gasteiger partial charge in [0.15, 0.2) is 9.84 Å². The van der Waals surface area contributed by atoms with Crippen LogP contribution in [0.4, 0.5) is 5.69 Å². The lowest BCUT2D eigenvalue weighted by molar-refractivity contribution is 0.0826. The molecule has 0 fully saturated rings. The molecule has 1 aromatic rings. The molecule has 0 amide bonds. The van der Waals surface area contributed by atoms with Gasteiger partial charge in [-0.2, -0.15) is 0 Å². The normalized spacial score (nSPS) is 14.5. The monoisotopic (exact) mass is 335 g/mol. The molecule has 3 N–H and O–H groups in total. The van der Waals surface area contributed by atoms with Crippen molar-refractivity contribution in [3.8, 4) is 0 Å². The summed E-state index contributed by atoms with van der Waals surface area (Å²) in [5.41, 5.74) is 5.38. The average molecular weight is 336 g/mol. The number of halogens is 1. The van der Waals surface area contributed by atoms with Crippen LogP contribution in [0.2, 0.25) is 0 Å². The Morgan fingerprint density at radius 3 is 2.44 bits per heavy atom. The SMILES string of the molecule is CC(C)(C)C(O)CS(=O)(=O)c1cc(Br)ccc1N. The molecule has 1 aromatic carbocycles. The van der Waals surface area contributed by atoms with Crippen LogP contribution in [0.3, 0.4) is 0 Å². The first-order chi connectivity index (χ1) is 8.04. The van der Waals surface area contributed by atoms with Gasteiger partial charge in [-0.3, -0.25) is 0 Å². The highest BCUT2D eigenvalue weighted by Crippen LogP contribution is 2.27. The van der Waals surface area contributed by atoms with E-state index in [-0.39, 0.29) is 16.3 Å². The van der Waals surface area contributed by atoms with Gasteiger partial charge in [-0.15, -0.1) is 0 Å². The lowest BCUT2D eigenvalue weighted by Gasteiger charge is -2.25. The average Bonchev–Trinajstić information content (AvgIpc) is 2.19. The number of hydrogen-bond acceptors (Lipinski definition) is 4. The summed E-state index contributed by atoms with van der Waals surface area (Å²) in [6.07, 6.45) is -0.944. The zero-order valence-corrected chi connectivity index (χ0v) is 13.0. The molecule has 0 aliphatic carbocycles. The van der Waals surface area contributed by atoms with E-state index in [0.717, 1.165) is 0 Å². The number of nitrogens with two attached hydrogens (primary N) is 1. The molecule has 0 radical (unpaired) electrons. The van der Waals surface area contributed by atoms with Gasteiger partial charge in [0.1, 0.15) is 0 Å². The molecule has 6 heteroatoms. The van der Waals surface area contributed by atoms with Crippen molar-refractivity contribution in [1.29, 1.82) is 0 Å².